The lowest BCUT2D eigenvalue weighted by Gasteiger charge is -2.55. The molecule has 0 radical (unpaired) electrons. The zero-order chi connectivity index (χ0) is 18.5. The van der Waals surface area contributed by atoms with Gasteiger partial charge in [-0.25, -0.2) is 0 Å². The molecule has 0 spiro atoms. The summed E-state index contributed by atoms with van der Waals surface area (Å²) < 4.78 is 36.8. The van der Waals surface area contributed by atoms with E-state index in [1.165, 1.54) is 43.5 Å². The van der Waals surface area contributed by atoms with E-state index in [1.54, 1.807) is 5.32 Å². The van der Waals surface area contributed by atoms with E-state index in [4.69, 9.17) is 0 Å². The predicted octanol–water partition coefficient (Wildman–Crippen LogP) is 4.34. The van der Waals surface area contributed by atoms with Crippen molar-refractivity contribution in [1.29, 1.82) is 0 Å². The second kappa shape index (κ2) is 5.99. The molecule has 0 aliphatic heterocycles. The van der Waals surface area contributed by atoms with Gasteiger partial charge in [-0.2, -0.15) is 13.2 Å². The Kier molecular flexibility index (Phi) is 4.00. The maximum atomic E-state index is 12.9. The van der Waals surface area contributed by atoms with E-state index < -0.39 is 12.1 Å². The molecule has 1 aromatic carbocycles. The summed E-state index contributed by atoms with van der Waals surface area (Å²) >= 11 is 0. The lowest BCUT2D eigenvalue weighted by molar-refractivity contribution is -0.167. The van der Waals surface area contributed by atoms with Crippen molar-refractivity contribution in [3.05, 3.63) is 24.3 Å². The molecule has 2 amide bonds. The molecule has 4 saturated carbocycles. The predicted molar refractivity (Wildman–Crippen MR) is 90.4 cm³/mol. The molecule has 0 atom stereocenters. The standard InChI is InChI=1S/C19H21F3N2O2/c20-19(21,22)17(26)24-15-3-1-14(2-4-15)23-16(25)18-8-11-5-12(9-18)7-13(6-11)10-18/h1-4,11-13H,5-10H2,(H,23,25)(H,24,26). The highest BCUT2D eigenvalue weighted by molar-refractivity contribution is 5.97. The van der Waals surface area contributed by atoms with Crippen molar-refractivity contribution in [3.8, 4) is 0 Å². The van der Waals surface area contributed by atoms with Crippen LogP contribution in [0.15, 0.2) is 24.3 Å². The van der Waals surface area contributed by atoms with Gasteiger partial charge in [0.2, 0.25) is 5.91 Å². The SMILES string of the molecule is O=C(Nc1ccc(NC(=O)C23CC4CC(CC(C4)C2)C3)cc1)C(F)(F)F. The fourth-order valence-electron chi connectivity index (χ4n) is 5.49. The summed E-state index contributed by atoms with van der Waals surface area (Å²) in [5, 5.41) is 4.73. The van der Waals surface area contributed by atoms with Crippen molar-refractivity contribution < 1.29 is 22.8 Å². The lowest BCUT2D eigenvalue weighted by atomic mass is 9.49. The average Bonchev–Trinajstić information content (AvgIpc) is 2.54. The fraction of sp³-hybridized carbons (Fsp3) is 0.579. The molecular formula is C19H21F3N2O2. The normalized spacial score (nSPS) is 32.3. The summed E-state index contributed by atoms with van der Waals surface area (Å²) in [6, 6.07) is 5.76. The number of carbonyl (C=O) groups excluding carboxylic acids is 2. The summed E-state index contributed by atoms with van der Waals surface area (Å²) in [4.78, 5) is 23.9. The highest BCUT2D eigenvalue weighted by atomic mass is 19.4. The second-order valence-electron chi connectivity index (χ2n) is 8.18. The van der Waals surface area contributed by atoms with E-state index in [0.29, 0.717) is 23.4 Å². The first-order chi connectivity index (χ1) is 12.2. The van der Waals surface area contributed by atoms with Crippen LogP contribution in [0.4, 0.5) is 24.5 Å². The lowest BCUT2D eigenvalue weighted by Crippen LogP contribution is -2.51. The minimum Gasteiger partial charge on any atom is -0.326 e. The Labute approximate surface area is 149 Å². The van der Waals surface area contributed by atoms with Crippen LogP contribution in [0.5, 0.6) is 0 Å². The van der Waals surface area contributed by atoms with Gasteiger partial charge in [0.25, 0.3) is 0 Å². The minimum atomic E-state index is -4.93. The van der Waals surface area contributed by atoms with Crippen LogP contribution in [0.1, 0.15) is 38.5 Å². The molecule has 0 saturated heterocycles. The number of amides is 2. The van der Waals surface area contributed by atoms with Crippen LogP contribution in [0.2, 0.25) is 0 Å². The molecule has 2 N–H and O–H groups in total. The molecule has 4 aliphatic rings. The zero-order valence-corrected chi connectivity index (χ0v) is 14.2. The van der Waals surface area contributed by atoms with Gasteiger partial charge in [-0.15, -0.1) is 0 Å². The van der Waals surface area contributed by atoms with E-state index in [9.17, 15) is 22.8 Å². The number of hydrogen-bond acceptors (Lipinski definition) is 2. The van der Waals surface area contributed by atoms with Gasteiger partial charge in [-0.1, -0.05) is 0 Å². The Hall–Kier alpha value is -2.05. The van der Waals surface area contributed by atoms with Gasteiger partial charge in [0.1, 0.15) is 0 Å². The summed E-state index contributed by atoms with van der Waals surface area (Å²) in [6.07, 6.45) is 1.67. The number of nitrogens with one attached hydrogen (secondary N) is 2. The highest BCUT2D eigenvalue weighted by Gasteiger charge is 2.54. The summed E-state index contributed by atoms with van der Waals surface area (Å²) in [5.41, 5.74) is 0.300. The largest absolute Gasteiger partial charge is 0.471 e. The number of hydrogen-bond donors (Lipinski definition) is 2. The van der Waals surface area contributed by atoms with Gasteiger partial charge < -0.3 is 10.6 Å². The molecule has 0 aromatic heterocycles. The maximum absolute atomic E-state index is 12.9. The first kappa shape index (κ1) is 17.4. The van der Waals surface area contributed by atoms with E-state index in [1.807, 2.05) is 0 Å². The third-order valence-corrected chi connectivity index (χ3v) is 6.18. The Morgan fingerprint density at radius 2 is 1.27 bits per heavy atom. The third kappa shape index (κ3) is 3.19. The van der Waals surface area contributed by atoms with Gasteiger partial charge in [-0.3, -0.25) is 9.59 Å². The number of anilines is 2. The molecule has 0 heterocycles. The van der Waals surface area contributed by atoms with Crippen molar-refractivity contribution in [1.82, 2.24) is 0 Å². The molecule has 4 aliphatic carbocycles. The molecule has 7 heteroatoms. The molecular weight excluding hydrogens is 345 g/mol. The average molecular weight is 366 g/mol. The Balaban J connectivity index is 1.41. The quantitative estimate of drug-likeness (QED) is 0.836. The topological polar surface area (TPSA) is 58.2 Å². The number of carbonyl (C=O) groups is 2. The van der Waals surface area contributed by atoms with Crippen molar-refractivity contribution in [2.45, 2.75) is 44.7 Å². The van der Waals surface area contributed by atoms with E-state index in [2.05, 4.69) is 5.32 Å². The summed E-state index contributed by atoms with van der Waals surface area (Å²) in [5.74, 6) is -0.00241. The number of benzene rings is 1. The van der Waals surface area contributed by atoms with Crippen molar-refractivity contribution in [2.75, 3.05) is 10.6 Å². The van der Waals surface area contributed by atoms with Crippen LogP contribution in [0, 0.1) is 23.2 Å². The van der Waals surface area contributed by atoms with Crippen molar-refractivity contribution in [3.63, 3.8) is 0 Å². The van der Waals surface area contributed by atoms with Gasteiger partial charge in [0.05, 0.1) is 5.41 Å². The van der Waals surface area contributed by atoms with E-state index in [-0.39, 0.29) is 17.0 Å². The molecule has 140 valence electrons. The number of rotatable bonds is 3. The first-order valence-electron chi connectivity index (χ1n) is 9.03. The van der Waals surface area contributed by atoms with Gasteiger partial charge in [-0.05, 0) is 80.5 Å². The van der Waals surface area contributed by atoms with Crippen LogP contribution in [-0.4, -0.2) is 18.0 Å². The van der Waals surface area contributed by atoms with Crippen molar-refractivity contribution in [2.24, 2.45) is 23.2 Å². The van der Waals surface area contributed by atoms with Crippen LogP contribution in [0.25, 0.3) is 0 Å². The van der Waals surface area contributed by atoms with Crippen LogP contribution >= 0.6 is 0 Å². The van der Waals surface area contributed by atoms with E-state index >= 15 is 0 Å². The number of alkyl halides is 3. The van der Waals surface area contributed by atoms with Crippen molar-refractivity contribution >= 4 is 23.2 Å². The maximum Gasteiger partial charge on any atom is 0.471 e. The van der Waals surface area contributed by atoms with Gasteiger partial charge in [0, 0.05) is 11.4 Å². The monoisotopic (exact) mass is 366 g/mol. The Bertz CT molecular complexity index is 692. The molecule has 26 heavy (non-hydrogen) atoms. The summed E-state index contributed by atoms with van der Waals surface area (Å²) in [7, 11) is 0. The van der Waals surface area contributed by atoms with Crippen LogP contribution in [0.3, 0.4) is 0 Å². The molecule has 5 rings (SSSR count). The molecule has 4 bridgehead atoms. The van der Waals surface area contributed by atoms with Crippen LogP contribution in [-0.2, 0) is 9.59 Å². The third-order valence-electron chi connectivity index (χ3n) is 6.18. The van der Waals surface area contributed by atoms with E-state index in [0.717, 1.165) is 19.3 Å². The zero-order valence-electron chi connectivity index (χ0n) is 14.2. The molecule has 4 fully saturated rings. The Morgan fingerprint density at radius 1 is 0.846 bits per heavy atom. The fourth-order valence-corrected chi connectivity index (χ4v) is 5.49. The minimum absolute atomic E-state index is 0.0312. The molecule has 0 unspecified atom stereocenters. The summed E-state index contributed by atoms with van der Waals surface area (Å²) in [6.45, 7) is 0. The van der Waals surface area contributed by atoms with Gasteiger partial charge >= 0.3 is 12.1 Å². The smallest absolute Gasteiger partial charge is 0.326 e. The first-order valence-corrected chi connectivity index (χ1v) is 9.03. The highest BCUT2D eigenvalue weighted by Crippen LogP contribution is 2.60. The van der Waals surface area contributed by atoms with Gasteiger partial charge in [0.15, 0.2) is 0 Å². The van der Waals surface area contributed by atoms with Crippen LogP contribution < -0.4 is 10.6 Å². The second-order valence-corrected chi connectivity index (χ2v) is 8.18. The Morgan fingerprint density at radius 3 is 1.69 bits per heavy atom. The molecule has 4 nitrogen and oxygen atoms in total. The number of halogens is 3. The molecule has 1 aromatic rings.